The van der Waals surface area contributed by atoms with Crippen molar-refractivity contribution in [2.45, 2.75) is 194 Å². The Morgan fingerprint density at radius 2 is 0.865 bits per heavy atom. The molecule has 1 amide bonds. The second kappa shape index (κ2) is 41.6. The Kier molecular flexibility index (Phi) is 39.8. The van der Waals surface area contributed by atoms with E-state index in [1.54, 1.807) is 4.90 Å². The van der Waals surface area contributed by atoms with Gasteiger partial charge in [-0.1, -0.05) is 141 Å². The summed E-state index contributed by atoms with van der Waals surface area (Å²) < 4.78 is 10.8. The molecule has 0 heterocycles. The third kappa shape index (κ3) is 37.6. The smallest absolute Gasteiger partial charge is 0.305 e. The fourth-order valence-corrected chi connectivity index (χ4v) is 6.11. The van der Waals surface area contributed by atoms with Gasteiger partial charge in [-0.05, 0) is 64.2 Å². The predicted molar refractivity (Wildman–Crippen MR) is 217 cm³/mol. The Bertz CT molecular complexity index is 804. The largest absolute Gasteiger partial charge is 0.464 e. The van der Waals surface area contributed by atoms with Crippen LogP contribution >= 0.6 is 0 Å². The number of ether oxygens (including phenoxy) is 2. The first-order chi connectivity index (χ1) is 25.5. The summed E-state index contributed by atoms with van der Waals surface area (Å²) in [6.45, 7) is 5.53. The molecule has 8 heteroatoms. The number of unbranched alkanes of at least 4 members (excludes halogenated alkanes) is 22. The van der Waals surface area contributed by atoms with Gasteiger partial charge in [0.2, 0.25) is 5.91 Å². The lowest BCUT2D eigenvalue weighted by atomic mass is 10.1. The fourth-order valence-electron chi connectivity index (χ4n) is 6.11. The zero-order valence-corrected chi connectivity index (χ0v) is 34.0. The lowest BCUT2D eigenvalue weighted by molar-refractivity contribution is -0.147. The molecule has 0 aliphatic rings. The van der Waals surface area contributed by atoms with Gasteiger partial charge in [0.25, 0.3) is 0 Å². The van der Waals surface area contributed by atoms with Crippen LogP contribution in [0.5, 0.6) is 0 Å². The number of nitrogens with zero attached hydrogens (tertiary/aromatic N) is 1. The molecule has 0 saturated carbocycles. The molecule has 52 heavy (non-hydrogen) atoms. The first-order valence-electron chi connectivity index (χ1n) is 21.8. The fraction of sp³-hybridized carbons (Fsp3) is 0.841. The Hall–Kier alpha value is -2.19. The number of allylic oxidation sites excluding steroid dienone is 4. The van der Waals surface area contributed by atoms with E-state index in [1.807, 2.05) is 0 Å². The van der Waals surface area contributed by atoms with Crippen molar-refractivity contribution in [2.75, 3.05) is 46.0 Å². The summed E-state index contributed by atoms with van der Waals surface area (Å²) in [5, 5.41) is 11.9. The number of nitrogens with one attached hydrogen (secondary N) is 1. The summed E-state index contributed by atoms with van der Waals surface area (Å²) in [4.78, 5) is 38.8. The number of carbonyl (C=O) groups excluding carboxylic acids is 3. The molecule has 0 aliphatic carbocycles. The summed E-state index contributed by atoms with van der Waals surface area (Å²) in [6.07, 6.45) is 41.6. The number of rotatable bonds is 40. The molecule has 0 atom stereocenters. The van der Waals surface area contributed by atoms with Crippen LogP contribution in [-0.2, 0) is 23.9 Å². The van der Waals surface area contributed by atoms with Crippen molar-refractivity contribution in [1.29, 1.82) is 0 Å². The maximum Gasteiger partial charge on any atom is 0.305 e. The van der Waals surface area contributed by atoms with E-state index in [9.17, 15) is 14.4 Å². The van der Waals surface area contributed by atoms with Gasteiger partial charge in [0.1, 0.15) is 13.2 Å². The van der Waals surface area contributed by atoms with Crippen molar-refractivity contribution in [3.63, 3.8) is 0 Å². The molecule has 0 spiro atoms. The molecule has 0 aromatic heterocycles. The number of aliphatic hydroxyl groups excluding tert-OH is 1. The van der Waals surface area contributed by atoms with Crippen LogP contribution in [0.1, 0.15) is 194 Å². The molecule has 0 aromatic rings. The van der Waals surface area contributed by atoms with E-state index in [-0.39, 0.29) is 57.3 Å². The van der Waals surface area contributed by atoms with Crippen molar-refractivity contribution in [3.8, 4) is 0 Å². The van der Waals surface area contributed by atoms with Crippen molar-refractivity contribution in [3.05, 3.63) is 24.3 Å². The highest BCUT2D eigenvalue weighted by Gasteiger charge is 2.15. The van der Waals surface area contributed by atoms with Crippen LogP contribution in [0, 0.1) is 0 Å². The van der Waals surface area contributed by atoms with E-state index in [2.05, 4.69) is 43.5 Å². The van der Waals surface area contributed by atoms with Gasteiger partial charge < -0.3 is 24.8 Å². The van der Waals surface area contributed by atoms with Crippen molar-refractivity contribution >= 4 is 17.8 Å². The molecular weight excluding hydrogens is 652 g/mol. The van der Waals surface area contributed by atoms with Gasteiger partial charge in [0, 0.05) is 19.4 Å². The van der Waals surface area contributed by atoms with Gasteiger partial charge in [-0.3, -0.25) is 14.4 Å². The maximum absolute atomic E-state index is 12.7. The van der Waals surface area contributed by atoms with Crippen molar-refractivity contribution in [1.82, 2.24) is 10.2 Å². The lowest BCUT2D eigenvalue weighted by Crippen LogP contribution is -2.42. The summed E-state index contributed by atoms with van der Waals surface area (Å²) >= 11 is 0. The molecule has 0 fully saturated rings. The first kappa shape index (κ1) is 49.8. The highest BCUT2D eigenvalue weighted by atomic mass is 16.5. The van der Waals surface area contributed by atoms with Gasteiger partial charge in [-0.25, -0.2) is 0 Å². The van der Waals surface area contributed by atoms with E-state index in [0.717, 1.165) is 51.4 Å². The summed E-state index contributed by atoms with van der Waals surface area (Å²) in [6, 6.07) is 0. The van der Waals surface area contributed by atoms with Crippen LogP contribution < -0.4 is 5.32 Å². The molecule has 0 rings (SSSR count). The number of amides is 1. The second-order valence-electron chi connectivity index (χ2n) is 14.4. The molecule has 304 valence electrons. The highest BCUT2D eigenvalue weighted by molar-refractivity contribution is 5.78. The second-order valence-corrected chi connectivity index (χ2v) is 14.4. The van der Waals surface area contributed by atoms with Gasteiger partial charge in [0.15, 0.2) is 0 Å². The predicted octanol–water partition coefficient (Wildman–Crippen LogP) is 10.6. The zero-order chi connectivity index (χ0) is 38.0. The Labute approximate surface area is 320 Å². The highest BCUT2D eigenvalue weighted by Crippen LogP contribution is 2.12. The monoisotopic (exact) mass is 735 g/mol. The van der Waals surface area contributed by atoms with E-state index in [4.69, 9.17) is 14.6 Å². The van der Waals surface area contributed by atoms with Crippen molar-refractivity contribution < 1.29 is 29.0 Å². The summed E-state index contributed by atoms with van der Waals surface area (Å²) in [5.41, 5.74) is 0. The van der Waals surface area contributed by atoms with Crippen LogP contribution in [0.3, 0.4) is 0 Å². The summed E-state index contributed by atoms with van der Waals surface area (Å²) in [5.74, 6) is -0.667. The third-order valence-electron chi connectivity index (χ3n) is 9.45. The number of hydrogen-bond donors (Lipinski definition) is 2. The SMILES string of the molecule is CCCCCCCC/C=C\CCCCCCCC(=O)OCCN(CCOC(=O)CCCCCCC/C=C\CCCCCCCC)C(=O)CNCCO. The van der Waals surface area contributed by atoms with Crippen molar-refractivity contribution in [2.24, 2.45) is 0 Å². The molecule has 0 bridgehead atoms. The Morgan fingerprint density at radius 3 is 1.23 bits per heavy atom. The van der Waals surface area contributed by atoms with Crippen LogP contribution in [0.4, 0.5) is 0 Å². The van der Waals surface area contributed by atoms with E-state index in [1.165, 1.54) is 116 Å². The average Bonchev–Trinajstić information content (AvgIpc) is 3.14. The molecule has 0 aromatic carbocycles. The topological polar surface area (TPSA) is 105 Å². The number of carbonyl (C=O) groups is 3. The molecule has 2 N–H and O–H groups in total. The maximum atomic E-state index is 12.7. The minimum atomic E-state index is -0.241. The van der Waals surface area contributed by atoms with E-state index in [0.29, 0.717) is 19.4 Å². The molecule has 0 aliphatic heterocycles. The van der Waals surface area contributed by atoms with Gasteiger partial charge in [-0.15, -0.1) is 0 Å². The van der Waals surface area contributed by atoms with Gasteiger partial charge in [0.05, 0.1) is 26.2 Å². The van der Waals surface area contributed by atoms with Crippen LogP contribution in [0.25, 0.3) is 0 Å². The van der Waals surface area contributed by atoms with Gasteiger partial charge >= 0.3 is 11.9 Å². The quantitative estimate of drug-likeness (QED) is 0.0367. The number of esters is 2. The summed E-state index contributed by atoms with van der Waals surface area (Å²) in [7, 11) is 0. The molecule has 0 radical (unpaired) electrons. The van der Waals surface area contributed by atoms with Crippen LogP contribution in [0.15, 0.2) is 24.3 Å². The lowest BCUT2D eigenvalue weighted by Gasteiger charge is -2.22. The van der Waals surface area contributed by atoms with Gasteiger partial charge in [-0.2, -0.15) is 0 Å². The first-order valence-corrected chi connectivity index (χ1v) is 21.8. The average molecular weight is 735 g/mol. The number of hydrogen-bond acceptors (Lipinski definition) is 7. The normalized spacial score (nSPS) is 11.5. The minimum Gasteiger partial charge on any atom is -0.464 e. The Balaban J connectivity index is 3.98. The molecule has 8 nitrogen and oxygen atoms in total. The van der Waals surface area contributed by atoms with E-state index < -0.39 is 0 Å². The van der Waals surface area contributed by atoms with Crippen LogP contribution in [-0.4, -0.2) is 73.9 Å². The molecule has 0 unspecified atom stereocenters. The van der Waals surface area contributed by atoms with Crippen LogP contribution in [0.2, 0.25) is 0 Å². The molecule has 0 saturated heterocycles. The number of aliphatic hydroxyl groups is 1. The standard InChI is InChI=1S/C44H82N2O6/c1-3-5-7-9-11-13-15-17-19-21-23-25-27-29-31-33-43(49)51-39-36-46(42(48)41-45-35-38-47)37-40-52-44(50)34-32-30-28-26-24-22-20-18-16-14-12-10-8-6-4-2/h17-20,45,47H,3-16,21-41H2,1-2H3/b19-17-,20-18-. The molecular formula is C44H82N2O6. The Morgan fingerprint density at radius 1 is 0.519 bits per heavy atom. The minimum absolute atomic E-state index is 0.0603. The third-order valence-corrected chi connectivity index (χ3v) is 9.45. The zero-order valence-electron chi connectivity index (χ0n) is 34.0. The van der Waals surface area contributed by atoms with E-state index >= 15 is 0 Å².